The summed E-state index contributed by atoms with van der Waals surface area (Å²) >= 11 is 0. The summed E-state index contributed by atoms with van der Waals surface area (Å²) in [5.74, 6) is -0.902. The van der Waals surface area contributed by atoms with Crippen LogP contribution in [0.1, 0.15) is 265 Å². The van der Waals surface area contributed by atoms with Gasteiger partial charge >= 0.3 is 17.9 Å². The SMILES string of the molecule is CCC/C=C\C/C=C\CCCCCCCC(=O)OCC(COC(=O)CCCCCCCCCCCCCCCCCC)OC(=O)CCCCCCC/C=C\C/C=C\CCCC. The summed E-state index contributed by atoms with van der Waals surface area (Å²) in [5.41, 5.74) is 0. The van der Waals surface area contributed by atoms with E-state index in [1.54, 1.807) is 0 Å². The lowest BCUT2D eigenvalue weighted by Gasteiger charge is -2.18. The van der Waals surface area contributed by atoms with Crippen molar-refractivity contribution in [2.75, 3.05) is 13.2 Å². The van der Waals surface area contributed by atoms with E-state index in [0.717, 1.165) is 109 Å². The second-order valence-electron chi connectivity index (χ2n) is 17.4. The number of hydrogen-bond donors (Lipinski definition) is 0. The molecule has 0 N–H and O–H groups in total. The first-order chi connectivity index (χ1) is 30.0. The average Bonchev–Trinajstić information content (AvgIpc) is 3.26. The van der Waals surface area contributed by atoms with E-state index in [1.807, 2.05) is 0 Å². The average molecular weight is 855 g/mol. The summed E-state index contributed by atoms with van der Waals surface area (Å²) in [4.78, 5) is 38.0. The van der Waals surface area contributed by atoms with Crippen LogP contribution in [0.25, 0.3) is 0 Å². The van der Waals surface area contributed by atoms with Crippen LogP contribution >= 0.6 is 0 Å². The molecule has 0 amide bonds. The lowest BCUT2D eigenvalue weighted by atomic mass is 10.0. The summed E-state index contributed by atoms with van der Waals surface area (Å²) in [6, 6.07) is 0. The van der Waals surface area contributed by atoms with E-state index in [1.165, 1.54) is 116 Å². The van der Waals surface area contributed by atoms with Gasteiger partial charge in [0.1, 0.15) is 13.2 Å². The van der Waals surface area contributed by atoms with Gasteiger partial charge in [-0.15, -0.1) is 0 Å². The molecule has 0 aromatic carbocycles. The van der Waals surface area contributed by atoms with Gasteiger partial charge in [0.05, 0.1) is 0 Å². The first-order valence-electron chi connectivity index (χ1n) is 26.1. The number of esters is 3. The molecule has 6 heteroatoms. The standard InChI is InChI=1S/C55H98O6/c1-4-7-10-13-16-19-22-25-27-28-31-33-36-39-42-45-48-54(57)60-51-52(50-59-53(56)47-44-41-38-35-32-29-24-21-18-15-12-9-6-3)61-55(58)49-46-43-40-37-34-30-26-23-20-17-14-11-8-5-2/h12,14-15,17,21,23-24,26,52H,4-11,13,16,18-20,22,25,27-51H2,1-3H3/b15-12-,17-14-,24-21-,26-23-. The maximum Gasteiger partial charge on any atom is 0.306 e. The molecule has 0 spiro atoms. The Labute approximate surface area is 378 Å². The largest absolute Gasteiger partial charge is 0.462 e. The molecule has 0 aliphatic heterocycles. The highest BCUT2D eigenvalue weighted by atomic mass is 16.6. The third-order valence-electron chi connectivity index (χ3n) is 11.3. The molecule has 0 aromatic heterocycles. The molecule has 0 bridgehead atoms. The summed E-state index contributed by atoms with van der Waals surface area (Å²) in [6.45, 7) is 6.53. The fraction of sp³-hybridized carbons (Fsp3) is 0.800. The van der Waals surface area contributed by atoms with Crippen LogP contribution in [0.5, 0.6) is 0 Å². The molecule has 0 fully saturated rings. The van der Waals surface area contributed by atoms with E-state index in [-0.39, 0.29) is 31.1 Å². The highest BCUT2D eigenvalue weighted by molar-refractivity contribution is 5.71. The molecule has 1 unspecified atom stereocenters. The maximum absolute atomic E-state index is 12.8. The zero-order valence-corrected chi connectivity index (χ0v) is 40.4. The van der Waals surface area contributed by atoms with Crippen LogP contribution in [0, 0.1) is 0 Å². The first kappa shape index (κ1) is 58.4. The minimum absolute atomic E-state index is 0.0811. The topological polar surface area (TPSA) is 78.9 Å². The molecular weight excluding hydrogens is 757 g/mol. The second kappa shape index (κ2) is 50.0. The van der Waals surface area contributed by atoms with Crippen LogP contribution in [0.2, 0.25) is 0 Å². The van der Waals surface area contributed by atoms with Crippen molar-refractivity contribution in [3.63, 3.8) is 0 Å². The highest BCUT2D eigenvalue weighted by Crippen LogP contribution is 2.15. The fourth-order valence-electron chi connectivity index (χ4n) is 7.32. The van der Waals surface area contributed by atoms with E-state index >= 15 is 0 Å². The van der Waals surface area contributed by atoms with Crippen molar-refractivity contribution in [2.24, 2.45) is 0 Å². The number of hydrogen-bond acceptors (Lipinski definition) is 6. The van der Waals surface area contributed by atoms with Crippen molar-refractivity contribution in [1.29, 1.82) is 0 Å². The number of rotatable bonds is 47. The van der Waals surface area contributed by atoms with Gasteiger partial charge in [-0.3, -0.25) is 14.4 Å². The van der Waals surface area contributed by atoms with E-state index in [4.69, 9.17) is 14.2 Å². The molecule has 0 aliphatic rings. The monoisotopic (exact) mass is 855 g/mol. The first-order valence-corrected chi connectivity index (χ1v) is 26.1. The van der Waals surface area contributed by atoms with Gasteiger partial charge in [0, 0.05) is 19.3 Å². The van der Waals surface area contributed by atoms with Crippen LogP contribution in [0.4, 0.5) is 0 Å². The molecule has 0 aromatic rings. The molecule has 6 nitrogen and oxygen atoms in total. The van der Waals surface area contributed by atoms with Gasteiger partial charge in [-0.25, -0.2) is 0 Å². The van der Waals surface area contributed by atoms with Crippen molar-refractivity contribution in [2.45, 2.75) is 271 Å². The molecular formula is C55H98O6. The third-order valence-corrected chi connectivity index (χ3v) is 11.3. The van der Waals surface area contributed by atoms with Crippen molar-refractivity contribution in [3.8, 4) is 0 Å². The molecule has 61 heavy (non-hydrogen) atoms. The van der Waals surface area contributed by atoms with E-state index < -0.39 is 6.10 Å². The van der Waals surface area contributed by atoms with E-state index in [2.05, 4.69) is 69.4 Å². The summed E-state index contributed by atoms with van der Waals surface area (Å²) in [7, 11) is 0. The Morgan fingerprint density at radius 2 is 0.639 bits per heavy atom. The number of carbonyl (C=O) groups excluding carboxylic acids is 3. The van der Waals surface area contributed by atoms with Gasteiger partial charge in [0.15, 0.2) is 6.10 Å². The minimum Gasteiger partial charge on any atom is -0.462 e. The Balaban J connectivity index is 4.38. The second-order valence-corrected chi connectivity index (χ2v) is 17.4. The Morgan fingerprint density at radius 3 is 1.02 bits per heavy atom. The van der Waals surface area contributed by atoms with Gasteiger partial charge in [0.2, 0.25) is 0 Å². The normalized spacial score (nSPS) is 12.4. The highest BCUT2D eigenvalue weighted by Gasteiger charge is 2.19. The molecule has 1 atom stereocenters. The quantitative estimate of drug-likeness (QED) is 0.0263. The van der Waals surface area contributed by atoms with Gasteiger partial charge in [-0.1, -0.05) is 223 Å². The lowest BCUT2D eigenvalue weighted by molar-refractivity contribution is -0.167. The Kier molecular flexibility index (Phi) is 47.9. The van der Waals surface area contributed by atoms with Gasteiger partial charge in [0.25, 0.3) is 0 Å². The lowest BCUT2D eigenvalue weighted by Crippen LogP contribution is -2.30. The predicted octanol–water partition coefficient (Wildman–Crippen LogP) is 17.1. The van der Waals surface area contributed by atoms with Gasteiger partial charge < -0.3 is 14.2 Å². The molecule has 0 rings (SSSR count). The minimum atomic E-state index is -0.783. The summed E-state index contributed by atoms with van der Waals surface area (Å²) in [5, 5.41) is 0. The van der Waals surface area contributed by atoms with Crippen molar-refractivity contribution in [1.82, 2.24) is 0 Å². The van der Waals surface area contributed by atoms with Crippen LogP contribution in [0.15, 0.2) is 48.6 Å². The Morgan fingerprint density at radius 1 is 0.328 bits per heavy atom. The Bertz CT molecular complexity index is 1070. The fourth-order valence-corrected chi connectivity index (χ4v) is 7.32. The van der Waals surface area contributed by atoms with Crippen LogP contribution < -0.4 is 0 Å². The molecule has 0 heterocycles. The number of carbonyl (C=O) groups is 3. The van der Waals surface area contributed by atoms with Gasteiger partial charge in [-0.05, 0) is 70.6 Å². The molecule has 354 valence electrons. The van der Waals surface area contributed by atoms with Crippen molar-refractivity contribution < 1.29 is 28.6 Å². The zero-order valence-electron chi connectivity index (χ0n) is 40.4. The van der Waals surface area contributed by atoms with E-state index in [0.29, 0.717) is 19.3 Å². The maximum atomic E-state index is 12.8. The predicted molar refractivity (Wildman–Crippen MR) is 261 cm³/mol. The smallest absolute Gasteiger partial charge is 0.306 e. The third kappa shape index (κ3) is 48.3. The summed E-state index contributed by atoms with van der Waals surface area (Å²) in [6.07, 6.45) is 59.5. The number of ether oxygens (including phenoxy) is 3. The van der Waals surface area contributed by atoms with E-state index in [9.17, 15) is 14.4 Å². The van der Waals surface area contributed by atoms with Crippen molar-refractivity contribution in [3.05, 3.63) is 48.6 Å². The summed E-state index contributed by atoms with van der Waals surface area (Å²) < 4.78 is 16.8. The number of allylic oxidation sites excluding steroid dienone is 8. The van der Waals surface area contributed by atoms with Crippen LogP contribution in [-0.2, 0) is 28.6 Å². The van der Waals surface area contributed by atoms with Crippen molar-refractivity contribution >= 4 is 17.9 Å². The molecule has 0 saturated heterocycles. The molecule has 0 radical (unpaired) electrons. The Hall–Kier alpha value is -2.63. The van der Waals surface area contributed by atoms with Crippen LogP contribution in [-0.4, -0.2) is 37.2 Å². The molecule has 0 aliphatic carbocycles. The van der Waals surface area contributed by atoms with Crippen LogP contribution in [0.3, 0.4) is 0 Å². The molecule has 0 saturated carbocycles. The zero-order chi connectivity index (χ0) is 44.4. The van der Waals surface area contributed by atoms with Gasteiger partial charge in [-0.2, -0.15) is 0 Å². The number of unbranched alkanes of at least 4 members (excludes halogenated alkanes) is 28.